The molecule has 82 valence electrons. The fourth-order valence-corrected chi connectivity index (χ4v) is 2.28. The van der Waals surface area contributed by atoms with Crippen LogP contribution in [0.2, 0.25) is 0 Å². The van der Waals surface area contributed by atoms with E-state index in [0.29, 0.717) is 5.92 Å². The van der Waals surface area contributed by atoms with Crippen molar-refractivity contribution in [1.29, 1.82) is 0 Å². The zero-order chi connectivity index (χ0) is 11.0. The molecule has 1 atom stereocenters. The van der Waals surface area contributed by atoms with Crippen LogP contribution >= 0.6 is 0 Å². The van der Waals surface area contributed by atoms with E-state index >= 15 is 0 Å². The number of phenolic OH excluding ortho intramolecular Hbond substituents is 1. The van der Waals surface area contributed by atoms with E-state index < -0.39 is 0 Å². The number of nitrogens with zero attached hydrogens (tertiary/aromatic N) is 2. The molecule has 0 bridgehead atoms. The van der Waals surface area contributed by atoms with Gasteiger partial charge < -0.3 is 10.4 Å². The molecule has 2 aromatic rings. The third-order valence-corrected chi connectivity index (χ3v) is 3.10. The standard InChI is InChI=1S/C12H13N3O/c16-9-1-2-10-11(5-9)14-7-15-12(10)8-3-4-13-6-8/h1-2,5,7-8,13,16H,3-4,6H2. The van der Waals surface area contributed by atoms with Gasteiger partial charge in [-0.2, -0.15) is 0 Å². The first-order chi connectivity index (χ1) is 7.84. The number of benzene rings is 1. The van der Waals surface area contributed by atoms with Crippen molar-refractivity contribution >= 4 is 10.9 Å². The summed E-state index contributed by atoms with van der Waals surface area (Å²) < 4.78 is 0. The Morgan fingerprint density at radius 2 is 2.25 bits per heavy atom. The van der Waals surface area contributed by atoms with Crippen molar-refractivity contribution in [1.82, 2.24) is 15.3 Å². The topological polar surface area (TPSA) is 58.0 Å². The third kappa shape index (κ3) is 1.51. The van der Waals surface area contributed by atoms with E-state index in [2.05, 4.69) is 15.3 Å². The highest BCUT2D eigenvalue weighted by Gasteiger charge is 2.20. The van der Waals surface area contributed by atoms with Crippen molar-refractivity contribution in [2.24, 2.45) is 0 Å². The maximum absolute atomic E-state index is 9.41. The molecule has 2 N–H and O–H groups in total. The summed E-state index contributed by atoms with van der Waals surface area (Å²) in [7, 11) is 0. The van der Waals surface area contributed by atoms with E-state index in [4.69, 9.17) is 0 Å². The average molecular weight is 215 g/mol. The van der Waals surface area contributed by atoms with Gasteiger partial charge in [-0.3, -0.25) is 0 Å². The summed E-state index contributed by atoms with van der Waals surface area (Å²) in [4.78, 5) is 8.57. The molecule has 0 aliphatic carbocycles. The molecule has 1 aliphatic rings. The molecule has 1 aromatic carbocycles. The minimum atomic E-state index is 0.252. The minimum Gasteiger partial charge on any atom is -0.508 e. The quantitative estimate of drug-likeness (QED) is 0.755. The van der Waals surface area contributed by atoms with Crippen molar-refractivity contribution < 1.29 is 5.11 Å². The van der Waals surface area contributed by atoms with Crippen LogP contribution in [0, 0.1) is 0 Å². The van der Waals surface area contributed by atoms with Crippen molar-refractivity contribution in [3.8, 4) is 5.75 Å². The number of phenols is 1. The van der Waals surface area contributed by atoms with Crippen LogP contribution in [0.1, 0.15) is 18.0 Å². The Hall–Kier alpha value is -1.68. The van der Waals surface area contributed by atoms with Gasteiger partial charge in [0.1, 0.15) is 12.1 Å². The van der Waals surface area contributed by atoms with Crippen LogP contribution in [0.5, 0.6) is 5.75 Å². The SMILES string of the molecule is Oc1ccc2c(C3CCNC3)ncnc2c1. The molecule has 4 nitrogen and oxygen atoms in total. The number of aromatic nitrogens is 2. The summed E-state index contributed by atoms with van der Waals surface area (Å²) >= 11 is 0. The summed E-state index contributed by atoms with van der Waals surface area (Å²) in [5, 5.41) is 13.8. The molecular formula is C12H13N3O. The molecule has 16 heavy (non-hydrogen) atoms. The first kappa shape index (κ1) is 9.54. The Morgan fingerprint density at radius 1 is 1.31 bits per heavy atom. The van der Waals surface area contributed by atoms with Crippen molar-refractivity contribution in [3.63, 3.8) is 0 Å². The number of rotatable bonds is 1. The summed E-state index contributed by atoms with van der Waals surface area (Å²) in [5.41, 5.74) is 1.91. The maximum atomic E-state index is 9.41. The number of aromatic hydroxyl groups is 1. The van der Waals surface area contributed by atoms with Crippen LogP contribution in [-0.4, -0.2) is 28.2 Å². The van der Waals surface area contributed by atoms with Crippen molar-refractivity contribution in [2.75, 3.05) is 13.1 Å². The maximum Gasteiger partial charge on any atom is 0.117 e. The fourth-order valence-electron chi connectivity index (χ4n) is 2.28. The molecule has 3 rings (SSSR count). The van der Waals surface area contributed by atoms with Gasteiger partial charge >= 0.3 is 0 Å². The van der Waals surface area contributed by atoms with E-state index in [-0.39, 0.29) is 5.75 Å². The molecule has 1 unspecified atom stereocenters. The van der Waals surface area contributed by atoms with Crippen LogP contribution in [0.3, 0.4) is 0 Å². The highest BCUT2D eigenvalue weighted by molar-refractivity contribution is 5.82. The summed E-state index contributed by atoms with van der Waals surface area (Å²) in [6.07, 6.45) is 2.70. The number of hydrogen-bond donors (Lipinski definition) is 2. The monoisotopic (exact) mass is 215 g/mol. The molecular weight excluding hydrogens is 202 g/mol. The zero-order valence-corrected chi connectivity index (χ0v) is 8.85. The third-order valence-electron chi connectivity index (χ3n) is 3.10. The molecule has 1 fully saturated rings. The molecule has 2 heterocycles. The highest BCUT2D eigenvalue weighted by Crippen LogP contribution is 2.28. The predicted octanol–water partition coefficient (Wildman–Crippen LogP) is 1.41. The zero-order valence-electron chi connectivity index (χ0n) is 8.85. The lowest BCUT2D eigenvalue weighted by molar-refractivity contribution is 0.476. The van der Waals surface area contributed by atoms with Crippen LogP contribution in [0.15, 0.2) is 24.5 Å². The highest BCUT2D eigenvalue weighted by atomic mass is 16.3. The van der Waals surface area contributed by atoms with E-state index in [1.54, 1.807) is 18.5 Å². The van der Waals surface area contributed by atoms with Gasteiger partial charge in [0.15, 0.2) is 0 Å². The molecule has 0 saturated carbocycles. The molecule has 1 saturated heterocycles. The number of nitrogens with one attached hydrogen (secondary N) is 1. The molecule has 0 spiro atoms. The Labute approximate surface area is 93.4 Å². The lowest BCUT2D eigenvalue weighted by Crippen LogP contribution is -2.09. The van der Waals surface area contributed by atoms with Gasteiger partial charge in [-0.05, 0) is 25.1 Å². The smallest absolute Gasteiger partial charge is 0.117 e. The largest absolute Gasteiger partial charge is 0.508 e. The van der Waals surface area contributed by atoms with Crippen LogP contribution in [-0.2, 0) is 0 Å². The summed E-state index contributed by atoms with van der Waals surface area (Å²) in [6, 6.07) is 5.28. The van der Waals surface area contributed by atoms with Gasteiger partial charge in [-0.25, -0.2) is 9.97 Å². The normalized spacial score (nSPS) is 20.4. The lowest BCUT2D eigenvalue weighted by Gasteiger charge is -2.10. The second kappa shape index (κ2) is 3.72. The van der Waals surface area contributed by atoms with Crippen molar-refractivity contribution in [2.45, 2.75) is 12.3 Å². The summed E-state index contributed by atoms with van der Waals surface area (Å²) in [6.45, 7) is 2.03. The van der Waals surface area contributed by atoms with E-state index in [1.807, 2.05) is 6.07 Å². The molecule has 1 aromatic heterocycles. The second-order valence-electron chi connectivity index (χ2n) is 4.15. The first-order valence-electron chi connectivity index (χ1n) is 5.49. The van der Waals surface area contributed by atoms with E-state index in [0.717, 1.165) is 36.1 Å². The van der Waals surface area contributed by atoms with Crippen molar-refractivity contribution in [3.05, 3.63) is 30.2 Å². The Balaban J connectivity index is 2.16. The van der Waals surface area contributed by atoms with E-state index in [1.165, 1.54) is 0 Å². The predicted molar refractivity (Wildman–Crippen MR) is 61.4 cm³/mol. The molecule has 1 aliphatic heterocycles. The van der Waals surface area contributed by atoms with Gasteiger partial charge in [0.05, 0.1) is 11.2 Å². The van der Waals surface area contributed by atoms with Crippen LogP contribution < -0.4 is 5.32 Å². The molecule has 0 radical (unpaired) electrons. The van der Waals surface area contributed by atoms with E-state index in [9.17, 15) is 5.11 Å². The van der Waals surface area contributed by atoms with Crippen LogP contribution in [0.4, 0.5) is 0 Å². The van der Waals surface area contributed by atoms with Gasteiger partial charge in [0, 0.05) is 23.9 Å². The molecule has 4 heteroatoms. The van der Waals surface area contributed by atoms with Gasteiger partial charge in [-0.15, -0.1) is 0 Å². The second-order valence-corrected chi connectivity index (χ2v) is 4.15. The Morgan fingerprint density at radius 3 is 3.06 bits per heavy atom. The van der Waals surface area contributed by atoms with Gasteiger partial charge in [0.25, 0.3) is 0 Å². The van der Waals surface area contributed by atoms with Gasteiger partial charge in [-0.1, -0.05) is 0 Å². The fraction of sp³-hybridized carbons (Fsp3) is 0.333. The number of hydrogen-bond acceptors (Lipinski definition) is 4. The first-order valence-corrected chi connectivity index (χ1v) is 5.49. The average Bonchev–Trinajstić information content (AvgIpc) is 2.81. The Kier molecular flexibility index (Phi) is 2.22. The summed E-state index contributed by atoms with van der Waals surface area (Å²) in [5.74, 6) is 0.719. The lowest BCUT2D eigenvalue weighted by atomic mass is 10.0. The Bertz CT molecular complexity index is 521. The molecule has 0 amide bonds. The minimum absolute atomic E-state index is 0.252. The van der Waals surface area contributed by atoms with Gasteiger partial charge in [0.2, 0.25) is 0 Å². The number of fused-ring (bicyclic) bond motifs is 1. The van der Waals surface area contributed by atoms with Crippen LogP contribution in [0.25, 0.3) is 10.9 Å².